The molecule has 1 aromatic rings. The summed E-state index contributed by atoms with van der Waals surface area (Å²) in [5, 5.41) is 12.6. The van der Waals surface area contributed by atoms with Gasteiger partial charge in [-0.25, -0.2) is 4.98 Å². The highest BCUT2D eigenvalue weighted by atomic mass is 16.3. The first-order valence-corrected chi connectivity index (χ1v) is 4.73. The van der Waals surface area contributed by atoms with Gasteiger partial charge in [0, 0.05) is 12.7 Å². The standard InChI is InChI=1S/C10H17N3O/c1-7(2)9(14)6-13-8-4-3-5-12-10(8)11/h3-5,7,9,13-14H,6H2,1-2H3,(H2,11,12). The number of nitrogens with two attached hydrogens (primary N) is 1. The molecule has 0 amide bonds. The van der Waals surface area contributed by atoms with Crippen molar-refractivity contribution < 1.29 is 5.11 Å². The molecule has 0 radical (unpaired) electrons. The zero-order valence-electron chi connectivity index (χ0n) is 8.57. The Hall–Kier alpha value is -1.29. The number of aliphatic hydroxyl groups is 1. The molecule has 0 saturated carbocycles. The van der Waals surface area contributed by atoms with Crippen molar-refractivity contribution in [3.05, 3.63) is 18.3 Å². The molecule has 0 bridgehead atoms. The smallest absolute Gasteiger partial charge is 0.146 e. The predicted octanol–water partition coefficient (Wildman–Crippen LogP) is 1.09. The van der Waals surface area contributed by atoms with Gasteiger partial charge in [0.05, 0.1) is 11.8 Å². The van der Waals surface area contributed by atoms with E-state index in [1.54, 1.807) is 12.3 Å². The first kappa shape index (κ1) is 10.8. The van der Waals surface area contributed by atoms with E-state index in [0.29, 0.717) is 12.4 Å². The summed E-state index contributed by atoms with van der Waals surface area (Å²) in [6.07, 6.45) is 1.27. The number of anilines is 2. The predicted molar refractivity (Wildman–Crippen MR) is 58.0 cm³/mol. The van der Waals surface area contributed by atoms with Crippen LogP contribution in [0.3, 0.4) is 0 Å². The van der Waals surface area contributed by atoms with Crippen molar-refractivity contribution in [1.29, 1.82) is 0 Å². The number of nitrogens with zero attached hydrogens (tertiary/aromatic N) is 1. The average molecular weight is 195 g/mol. The summed E-state index contributed by atoms with van der Waals surface area (Å²) in [5.74, 6) is 0.698. The van der Waals surface area contributed by atoms with Crippen LogP contribution < -0.4 is 11.1 Å². The van der Waals surface area contributed by atoms with Crippen LogP contribution >= 0.6 is 0 Å². The molecule has 1 atom stereocenters. The molecule has 78 valence electrons. The van der Waals surface area contributed by atoms with Gasteiger partial charge in [0.1, 0.15) is 5.82 Å². The number of aromatic nitrogens is 1. The van der Waals surface area contributed by atoms with Crippen molar-refractivity contribution in [3.63, 3.8) is 0 Å². The molecule has 4 nitrogen and oxygen atoms in total. The van der Waals surface area contributed by atoms with E-state index in [9.17, 15) is 5.11 Å². The Bertz CT molecular complexity index is 288. The molecule has 14 heavy (non-hydrogen) atoms. The van der Waals surface area contributed by atoms with Gasteiger partial charge in [-0.2, -0.15) is 0 Å². The lowest BCUT2D eigenvalue weighted by Gasteiger charge is -2.16. The van der Waals surface area contributed by atoms with E-state index in [1.807, 2.05) is 19.9 Å². The van der Waals surface area contributed by atoms with E-state index in [2.05, 4.69) is 10.3 Å². The largest absolute Gasteiger partial charge is 0.391 e. The molecule has 0 saturated heterocycles. The third-order valence-corrected chi connectivity index (χ3v) is 2.11. The minimum atomic E-state index is -0.366. The Morgan fingerprint density at radius 1 is 1.57 bits per heavy atom. The van der Waals surface area contributed by atoms with Crippen LogP contribution in [0.1, 0.15) is 13.8 Å². The Balaban J connectivity index is 2.50. The van der Waals surface area contributed by atoms with Crippen molar-refractivity contribution in [2.75, 3.05) is 17.6 Å². The van der Waals surface area contributed by atoms with Crippen molar-refractivity contribution in [1.82, 2.24) is 4.98 Å². The molecule has 0 spiro atoms. The first-order chi connectivity index (χ1) is 6.61. The lowest BCUT2D eigenvalue weighted by Crippen LogP contribution is -2.25. The number of aliphatic hydroxyl groups excluding tert-OH is 1. The molecule has 1 rings (SSSR count). The number of nitrogen functional groups attached to an aromatic ring is 1. The third-order valence-electron chi connectivity index (χ3n) is 2.11. The molecule has 0 aliphatic heterocycles. The van der Waals surface area contributed by atoms with E-state index in [-0.39, 0.29) is 12.0 Å². The van der Waals surface area contributed by atoms with Crippen LogP contribution in [0.5, 0.6) is 0 Å². The normalized spacial score (nSPS) is 12.9. The van der Waals surface area contributed by atoms with E-state index in [0.717, 1.165) is 5.69 Å². The van der Waals surface area contributed by atoms with Crippen LogP contribution in [0.4, 0.5) is 11.5 Å². The summed E-state index contributed by atoms with van der Waals surface area (Å²) in [5.41, 5.74) is 6.40. The Kier molecular flexibility index (Phi) is 3.71. The molecule has 1 aromatic heterocycles. The van der Waals surface area contributed by atoms with Crippen molar-refractivity contribution in [2.45, 2.75) is 20.0 Å². The molecule has 4 N–H and O–H groups in total. The molecule has 1 unspecified atom stereocenters. The minimum Gasteiger partial charge on any atom is -0.391 e. The lowest BCUT2D eigenvalue weighted by atomic mass is 10.1. The lowest BCUT2D eigenvalue weighted by molar-refractivity contribution is 0.138. The van der Waals surface area contributed by atoms with Gasteiger partial charge in [0.25, 0.3) is 0 Å². The number of rotatable bonds is 4. The van der Waals surface area contributed by atoms with E-state index in [4.69, 9.17) is 5.73 Å². The van der Waals surface area contributed by atoms with Gasteiger partial charge >= 0.3 is 0 Å². The first-order valence-electron chi connectivity index (χ1n) is 4.73. The molecule has 0 aromatic carbocycles. The van der Waals surface area contributed by atoms with E-state index in [1.165, 1.54) is 0 Å². The van der Waals surface area contributed by atoms with Crippen LogP contribution in [0.25, 0.3) is 0 Å². The maximum absolute atomic E-state index is 9.55. The SMILES string of the molecule is CC(C)C(O)CNc1cccnc1N. The van der Waals surface area contributed by atoms with Crippen molar-refractivity contribution >= 4 is 11.5 Å². The summed E-state index contributed by atoms with van der Waals surface area (Å²) < 4.78 is 0. The Morgan fingerprint density at radius 2 is 2.29 bits per heavy atom. The number of nitrogens with one attached hydrogen (secondary N) is 1. The number of pyridine rings is 1. The van der Waals surface area contributed by atoms with Crippen LogP contribution in [0, 0.1) is 5.92 Å². The molecular weight excluding hydrogens is 178 g/mol. The van der Waals surface area contributed by atoms with Crippen molar-refractivity contribution in [3.8, 4) is 0 Å². The molecule has 0 aliphatic carbocycles. The topological polar surface area (TPSA) is 71.2 Å². The summed E-state index contributed by atoms with van der Waals surface area (Å²) in [6, 6.07) is 3.65. The fourth-order valence-electron chi connectivity index (χ4n) is 1.02. The van der Waals surface area contributed by atoms with Gasteiger partial charge in [0.2, 0.25) is 0 Å². The monoisotopic (exact) mass is 195 g/mol. The van der Waals surface area contributed by atoms with E-state index < -0.39 is 0 Å². The zero-order chi connectivity index (χ0) is 10.6. The molecule has 1 heterocycles. The molecule has 0 aliphatic rings. The average Bonchev–Trinajstić information content (AvgIpc) is 2.16. The fraction of sp³-hybridized carbons (Fsp3) is 0.500. The van der Waals surface area contributed by atoms with Crippen molar-refractivity contribution in [2.24, 2.45) is 5.92 Å². The van der Waals surface area contributed by atoms with Crippen LogP contribution in [0.15, 0.2) is 18.3 Å². The maximum Gasteiger partial charge on any atom is 0.146 e. The summed E-state index contributed by atoms with van der Waals surface area (Å²) in [6.45, 7) is 4.44. The summed E-state index contributed by atoms with van der Waals surface area (Å²) in [4.78, 5) is 3.94. The molecular formula is C10H17N3O. The quantitative estimate of drug-likeness (QED) is 0.672. The van der Waals surface area contributed by atoms with Gasteiger partial charge in [-0.15, -0.1) is 0 Å². The molecule has 0 fully saturated rings. The van der Waals surface area contributed by atoms with E-state index >= 15 is 0 Å². The second kappa shape index (κ2) is 4.81. The maximum atomic E-state index is 9.55. The zero-order valence-corrected chi connectivity index (χ0v) is 8.57. The Labute approximate surface area is 84.2 Å². The fourth-order valence-corrected chi connectivity index (χ4v) is 1.02. The van der Waals surface area contributed by atoms with Gasteiger partial charge in [-0.05, 0) is 18.1 Å². The highest BCUT2D eigenvalue weighted by molar-refractivity contribution is 5.60. The number of hydrogen-bond donors (Lipinski definition) is 3. The van der Waals surface area contributed by atoms with Crippen LogP contribution in [-0.2, 0) is 0 Å². The van der Waals surface area contributed by atoms with Crippen LogP contribution in [0.2, 0.25) is 0 Å². The third kappa shape index (κ3) is 2.88. The van der Waals surface area contributed by atoms with Gasteiger partial charge < -0.3 is 16.2 Å². The Morgan fingerprint density at radius 3 is 2.86 bits per heavy atom. The highest BCUT2D eigenvalue weighted by Crippen LogP contribution is 2.14. The van der Waals surface area contributed by atoms with Gasteiger partial charge in [-0.1, -0.05) is 13.8 Å². The van der Waals surface area contributed by atoms with Gasteiger partial charge in [-0.3, -0.25) is 0 Å². The minimum absolute atomic E-state index is 0.236. The molecule has 4 heteroatoms. The highest BCUT2D eigenvalue weighted by Gasteiger charge is 2.08. The second-order valence-electron chi connectivity index (χ2n) is 3.63. The summed E-state index contributed by atoms with van der Waals surface area (Å²) in [7, 11) is 0. The van der Waals surface area contributed by atoms with Gasteiger partial charge in [0.15, 0.2) is 0 Å². The number of hydrogen-bond acceptors (Lipinski definition) is 4. The van der Waals surface area contributed by atoms with Crippen LogP contribution in [-0.4, -0.2) is 22.7 Å². The summed E-state index contributed by atoms with van der Waals surface area (Å²) >= 11 is 0. The second-order valence-corrected chi connectivity index (χ2v) is 3.63.